The first-order chi connectivity index (χ1) is 7.16. The molecule has 15 heavy (non-hydrogen) atoms. The molecule has 0 atom stereocenters. The number of halogens is 2. The molecule has 0 aliphatic heterocycles. The molecule has 0 aliphatic carbocycles. The van der Waals surface area contributed by atoms with E-state index in [0.717, 1.165) is 16.5 Å². The van der Waals surface area contributed by atoms with Crippen molar-refractivity contribution < 1.29 is 0 Å². The van der Waals surface area contributed by atoms with Gasteiger partial charge in [0.2, 0.25) is 0 Å². The molecule has 0 amide bonds. The fourth-order valence-electron chi connectivity index (χ4n) is 1.16. The molecule has 0 radical (unpaired) electrons. The van der Waals surface area contributed by atoms with Crippen LogP contribution >= 0.6 is 23.2 Å². The minimum atomic E-state index is 0.369. The third-order valence-corrected chi connectivity index (χ3v) is 2.22. The molecule has 4 heteroatoms. The zero-order valence-electron chi connectivity index (χ0n) is 8.88. The normalized spacial score (nSPS) is 9.67. The molecule has 80 valence electrons. The lowest BCUT2D eigenvalue weighted by atomic mass is 10.2. The summed E-state index contributed by atoms with van der Waals surface area (Å²) < 4.78 is 0. The Bertz CT molecular complexity index is 469. The third-order valence-electron chi connectivity index (χ3n) is 1.74. The van der Waals surface area contributed by atoms with Crippen molar-refractivity contribution in [1.82, 2.24) is 9.97 Å². The Morgan fingerprint density at radius 3 is 2.47 bits per heavy atom. The topological polar surface area (TPSA) is 25.8 Å². The molecule has 0 aliphatic rings. The molecule has 2 aromatic heterocycles. The highest BCUT2D eigenvalue weighted by atomic mass is 35.5. The molecule has 0 unspecified atom stereocenters. The number of hydrogen-bond acceptors (Lipinski definition) is 2. The summed E-state index contributed by atoms with van der Waals surface area (Å²) in [6.45, 7) is 5.96. The number of aromatic nitrogens is 2. The van der Waals surface area contributed by atoms with Crippen molar-refractivity contribution in [1.29, 1.82) is 0 Å². The highest BCUT2D eigenvalue weighted by molar-refractivity contribution is 6.36. The maximum Gasteiger partial charge on any atom is 0.140 e. The van der Waals surface area contributed by atoms with Crippen LogP contribution in [0.15, 0.2) is 18.3 Å². The Kier molecular flexibility index (Phi) is 4.30. The summed E-state index contributed by atoms with van der Waals surface area (Å²) in [5.74, 6) is 0. The Labute approximate surface area is 99.3 Å². The van der Waals surface area contributed by atoms with Crippen molar-refractivity contribution in [2.24, 2.45) is 0 Å². The quantitative estimate of drug-likeness (QED) is 0.645. The SMILES string of the molecule is CC.Cc1cnc2cc(Cl)nc(Cl)c2c1. The standard InChI is InChI=1S/C9H6Cl2N2.C2H6/c1-5-2-6-7(12-4-5)3-8(10)13-9(6)11;1-2/h2-4H,1H3;1-2H3. The predicted octanol–water partition coefficient (Wildman–Crippen LogP) is 4.27. The van der Waals surface area contributed by atoms with Crippen LogP contribution in [0.5, 0.6) is 0 Å². The van der Waals surface area contributed by atoms with Gasteiger partial charge in [0.05, 0.1) is 5.52 Å². The molecule has 2 aromatic rings. The van der Waals surface area contributed by atoms with Gasteiger partial charge in [-0.05, 0) is 18.6 Å². The van der Waals surface area contributed by atoms with Gasteiger partial charge in [-0.2, -0.15) is 0 Å². The van der Waals surface area contributed by atoms with Crippen LogP contribution in [0.25, 0.3) is 10.9 Å². The van der Waals surface area contributed by atoms with Crippen LogP contribution in [0.1, 0.15) is 19.4 Å². The number of aryl methyl sites for hydroxylation is 1. The average molecular weight is 243 g/mol. The smallest absolute Gasteiger partial charge is 0.140 e. The maximum atomic E-state index is 5.90. The zero-order chi connectivity index (χ0) is 11.4. The van der Waals surface area contributed by atoms with Gasteiger partial charge in [0, 0.05) is 17.6 Å². The lowest BCUT2D eigenvalue weighted by molar-refractivity contribution is 1.29. The van der Waals surface area contributed by atoms with Gasteiger partial charge in [0.25, 0.3) is 0 Å². The number of fused-ring (bicyclic) bond motifs is 1. The van der Waals surface area contributed by atoms with E-state index in [1.807, 2.05) is 26.8 Å². The number of pyridine rings is 2. The van der Waals surface area contributed by atoms with Crippen LogP contribution in [0.2, 0.25) is 10.3 Å². The van der Waals surface area contributed by atoms with Gasteiger partial charge < -0.3 is 0 Å². The lowest BCUT2D eigenvalue weighted by Gasteiger charge is -2.00. The van der Waals surface area contributed by atoms with E-state index in [-0.39, 0.29) is 0 Å². The number of hydrogen-bond donors (Lipinski definition) is 0. The summed E-state index contributed by atoms with van der Waals surface area (Å²) in [5.41, 5.74) is 1.83. The monoisotopic (exact) mass is 242 g/mol. The lowest BCUT2D eigenvalue weighted by Crippen LogP contribution is -1.85. The molecule has 0 fully saturated rings. The molecule has 0 saturated carbocycles. The molecule has 0 N–H and O–H groups in total. The summed E-state index contributed by atoms with van der Waals surface area (Å²) in [4.78, 5) is 8.13. The molecule has 2 heterocycles. The van der Waals surface area contributed by atoms with Gasteiger partial charge in [0.15, 0.2) is 0 Å². The van der Waals surface area contributed by atoms with E-state index >= 15 is 0 Å². The van der Waals surface area contributed by atoms with Crippen molar-refractivity contribution in [2.45, 2.75) is 20.8 Å². The Hall–Kier alpha value is -0.860. The zero-order valence-corrected chi connectivity index (χ0v) is 10.4. The fraction of sp³-hybridized carbons (Fsp3) is 0.273. The fourth-order valence-corrected chi connectivity index (χ4v) is 1.63. The molecule has 0 aromatic carbocycles. The second kappa shape index (κ2) is 5.29. The van der Waals surface area contributed by atoms with Gasteiger partial charge in [-0.15, -0.1) is 0 Å². The number of rotatable bonds is 0. The summed E-state index contributed by atoms with van der Waals surface area (Å²) in [6, 6.07) is 3.64. The van der Waals surface area contributed by atoms with Crippen molar-refractivity contribution >= 4 is 34.1 Å². The second-order valence-electron chi connectivity index (χ2n) is 2.82. The largest absolute Gasteiger partial charge is 0.256 e. The van der Waals surface area contributed by atoms with Crippen LogP contribution in [-0.4, -0.2) is 9.97 Å². The summed E-state index contributed by atoms with van der Waals surface area (Å²) in [5, 5.41) is 1.61. The van der Waals surface area contributed by atoms with E-state index in [2.05, 4.69) is 9.97 Å². The van der Waals surface area contributed by atoms with Gasteiger partial charge in [-0.1, -0.05) is 37.0 Å². The third kappa shape index (κ3) is 2.80. The molecular weight excluding hydrogens is 231 g/mol. The van der Waals surface area contributed by atoms with E-state index in [4.69, 9.17) is 23.2 Å². The van der Waals surface area contributed by atoms with E-state index in [1.165, 1.54) is 0 Å². The van der Waals surface area contributed by atoms with Crippen LogP contribution in [0.3, 0.4) is 0 Å². The van der Waals surface area contributed by atoms with Gasteiger partial charge in [-0.3, -0.25) is 4.98 Å². The minimum Gasteiger partial charge on any atom is -0.256 e. The van der Waals surface area contributed by atoms with Crippen molar-refractivity contribution in [3.63, 3.8) is 0 Å². The first-order valence-electron chi connectivity index (χ1n) is 4.75. The molecule has 2 nitrogen and oxygen atoms in total. The van der Waals surface area contributed by atoms with Gasteiger partial charge >= 0.3 is 0 Å². The van der Waals surface area contributed by atoms with Crippen molar-refractivity contribution in [2.75, 3.05) is 0 Å². The first-order valence-corrected chi connectivity index (χ1v) is 5.51. The molecular formula is C11H12Cl2N2. The molecule has 2 rings (SSSR count). The van der Waals surface area contributed by atoms with Crippen LogP contribution in [0.4, 0.5) is 0 Å². The number of nitrogens with zero attached hydrogens (tertiary/aromatic N) is 2. The molecule has 0 spiro atoms. The predicted molar refractivity (Wildman–Crippen MR) is 65.6 cm³/mol. The van der Waals surface area contributed by atoms with Gasteiger partial charge in [-0.25, -0.2) is 4.98 Å². The Morgan fingerprint density at radius 2 is 1.80 bits per heavy atom. The highest BCUT2D eigenvalue weighted by Crippen LogP contribution is 2.23. The average Bonchev–Trinajstić information content (AvgIpc) is 2.22. The van der Waals surface area contributed by atoms with Crippen LogP contribution in [0, 0.1) is 6.92 Å². The second-order valence-corrected chi connectivity index (χ2v) is 3.56. The highest BCUT2D eigenvalue weighted by Gasteiger charge is 2.03. The molecule has 0 bridgehead atoms. The Morgan fingerprint density at radius 1 is 1.13 bits per heavy atom. The summed E-state index contributed by atoms with van der Waals surface area (Å²) >= 11 is 11.6. The van der Waals surface area contributed by atoms with Crippen LogP contribution in [-0.2, 0) is 0 Å². The first kappa shape index (κ1) is 12.2. The Balaban J connectivity index is 0.000000531. The van der Waals surface area contributed by atoms with E-state index in [9.17, 15) is 0 Å². The van der Waals surface area contributed by atoms with Gasteiger partial charge in [0.1, 0.15) is 10.3 Å². The van der Waals surface area contributed by atoms with E-state index in [0.29, 0.717) is 10.3 Å². The summed E-state index contributed by atoms with van der Waals surface area (Å²) in [7, 11) is 0. The minimum absolute atomic E-state index is 0.369. The van der Waals surface area contributed by atoms with Crippen LogP contribution < -0.4 is 0 Å². The molecule has 0 saturated heterocycles. The van der Waals surface area contributed by atoms with E-state index < -0.39 is 0 Å². The summed E-state index contributed by atoms with van der Waals surface area (Å²) in [6.07, 6.45) is 1.77. The van der Waals surface area contributed by atoms with E-state index in [1.54, 1.807) is 12.3 Å². The maximum absolute atomic E-state index is 5.90. The van der Waals surface area contributed by atoms with Crippen molar-refractivity contribution in [3.05, 3.63) is 34.2 Å². The van der Waals surface area contributed by atoms with Crippen molar-refractivity contribution in [3.8, 4) is 0 Å².